The molecule has 2 heterocycles. The predicted molar refractivity (Wildman–Crippen MR) is 120 cm³/mol. The molecular weight excluding hydrogens is 358 g/mol. The van der Waals surface area contributed by atoms with Crippen LogP contribution in [0.15, 0.2) is 55.1 Å². The lowest BCUT2D eigenvalue weighted by Gasteiger charge is -2.31. The van der Waals surface area contributed by atoms with E-state index < -0.39 is 5.54 Å². The first-order valence-corrected chi connectivity index (χ1v) is 10.3. The van der Waals surface area contributed by atoms with Gasteiger partial charge >= 0.3 is 6.03 Å². The monoisotopic (exact) mass is 387 g/mol. The van der Waals surface area contributed by atoms with Crippen LogP contribution in [0.4, 0.5) is 4.79 Å². The zero-order chi connectivity index (χ0) is 20.6. The number of rotatable bonds is 3. The molecule has 1 aliphatic heterocycles. The number of fused-ring (bicyclic) bond motifs is 3. The van der Waals surface area contributed by atoms with Crippen LogP contribution in [0.2, 0.25) is 0 Å². The van der Waals surface area contributed by atoms with Gasteiger partial charge in [0.15, 0.2) is 0 Å². The third-order valence-corrected chi connectivity index (χ3v) is 5.95. The fourth-order valence-electron chi connectivity index (χ4n) is 4.16. The molecule has 1 aliphatic rings. The van der Waals surface area contributed by atoms with Gasteiger partial charge in [0, 0.05) is 36.1 Å². The number of amides is 2. The minimum atomic E-state index is -0.462. The van der Waals surface area contributed by atoms with Crippen LogP contribution < -0.4 is 5.32 Å². The molecule has 0 atom stereocenters. The largest absolute Gasteiger partial charge is 0.358 e. The molecule has 3 aromatic rings. The molecule has 2 amide bonds. The molecule has 2 N–H and O–H groups in total. The van der Waals surface area contributed by atoms with E-state index in [0.717, 1.165) is 36.1 Å². The van der Waals surface area contributed by atoms with Gasteiger partial charge in [0.2, 0.25) is 0 Å². The van der Waals surface area contributed by atoms with Crippen LogP contribution in [-0.2, 0) is 18.4 Å². The number of nitrogens with one attached hydrogen (secondary N) is 2. The zero-order valence-corrected chi connectivity index (χ0v) is 17.5. The van der Waals surface area contributed by atoms with Gasteiger partial charge in [0.1, 0.15) is 0 Å². The first-order chi connectivity index (χ1) is 13.8. The standard InChI is InChI=1S/C25H29N3O/c1-17(2)18-8-7-9-19(16-18)25(3,4)27-24(29)28-14-12-21-20-10-5-6-11-22(20)26-23(21)13-15-28/h5-11,16,26H,1,12-15H2,2-4H3,(H,27,29). The minimum Gasteiger partial charge on any atom is -0.358 e. The number of H-pyrrole nitrogens is 1. The molecule has 29 heavy (non-hydrogen) atoms. The van der Waals surface area contributed by atoms with Gasteiger partial charge in [-0.25, -0.2) is 4.79 Å². The van der Waals surface area contributed by atoms with Gasteiger partial charge in [-0.2, -0.15) is 0 Å². The molecule has 0 aliphatic carbocycles. The molecule has 0 saturated carbocycles. The smallest absolute Gasteiger partial charge is 0.318 e. The highest BCUT2D eigenvalue weighted by Gasteiger charge is 2.27. The van der Waals surface area contributed by atoms with Crippen LogP contribution in [0.25, 0.3) is 16.5 Å². The van der Waals surface area contributed by atoms with Crippen molar-refractivity contribution in [1.82, 2.24) is 15.2 Å². The highest BCUT2D eigenvalue weighted by Crippen LogP contribution is 2.27. The molecule has 0 bridgehead atoms. The van der Waals surface area contributed by atoms with Gasteiger partial charge < -0.3 is 15.2 Å². The molecule has 4 nitrogen and oxygen atoms in total. The van der Waals surface area contributed by atoms with E-state index in [1.807, 2.05) is 17.9 Å². The number of aromatic nitrogens is 1. The van der Waals surface area contributed by atoms with Gasteiger partial charge in [0.05, 0.1) is 5.54 Å². The summed E-state index contributed by atoms with van der Waals surface area (Å²) in [5.74, 6) is 0. The second-order valence-electron chi connectivity index (χ2n) is 8.53. The summed E-state index contributed by atoms with van der Waals surface area (Å²) in [5, 5.41) is 4.52. The summed E-state index contributed by atoms with van der Waals surface area (Å²) >= 11 is 0. The Balaban J connectivity index is 1.48. The number of hydrogen-bond donors (Lipinski definition) is 2. The maximum absolute atomic E-state index is 13.1. The predicted octanol–water partition coefficient (Wildman–Crippen LogP) is 5.25. The molecule has 2 aromatic carbocycles. The Labute approximate surface area is 172 Å². The number of para-hydroxylation sites is 1. The quantitative estimate of drug-likeness (QED) is 0.634. The summed E-state index contributed by atoms with van der Waals surface area (Å²) in [4.78, 5) is 18.6. The average Bonchev–Trinajstić information content (AvgIpc) is 2.91. The maximum atomic E-state index is 13.1. The number of urea groups is 1. The minimum absolute atomic E-state index is 0.00909. The number of allylic oxidation sites excluding steroid dienone is 1. The Kier molecular flexibility index (Phi) is 4.95. The first kappa shape index (κ1) is 19.3. The van der Waals surface area contributed by atoms with E-state index in [1.165, 1.54) is 22.2 Å². The lowest BCUT2D eigenvalue weighted by molar-refractivity contribution is 0.189. The summed E-state index contributed by atoms with van der Waals surface area (Å²) in [7, 11) is 0. The van der Waals surface area contributed by atoms with Crippen LogP contribution >= 0.6 is 0 Å². The van der Waals surface area contributed by atoms with E-state index in [4.69, 9.17) is 0 Å². The highest BCUT2D eigenvalue weighted by atomic mass is 16.2. The molecule has 0 radical (unpaired) electrons. The maximum Gasteiger partial charge on any atom is 0.318 e. The fourth-order valence-corrected chi connectivity index (χ4v) is 4.16. The van der Waals surface area contributed by atoms with E-state index in [9.17, 15) is 4.79 Å². The van der Waals surface area contributed by atoms with Crippen molar-refractivity contribution in [2.45, 2.75) is 39.2 Å². The molecule has 0 unspecified atom stereocenters. The van der Waals surface area contributed by atoms with E-state index in [0.29, 0.717) is 6.54 Å². The lowest BCUT2D eigenvalue weighted by atomic mass is 9.92. The summed E-state index contributed by atoms with van der Waals surface area (Å²) < 4.78 is 0. The fraction of sp³-hybridized carbons (Fsp3) is 0.320. The second kappa shape index (κ2) is 7.43. The lowest BCUT2D eigenvalue weighted by Crippen LogP contribution is -2.49. The summed E-state index contributed by atoms with van der Waals surface area (Å²) in [5.41, 5.74) is 6.54. The van der Waals surface area contributed by atoms with Gasteiger partial charge in [0.25, 0.3) is 0 Å². The third kappa shape index (κ3) is 3.80. The van der Waals surface area contributed by atoms with Crippen molar-refractivity contribution < 1.29 is 4.79 Å². The number of nitrogens with zero attached hydrogens (tertiary/aromatic N) is 1. The number of carbonyl (C=O) groups is 1. The summed E-state index contributed by atoms with van der Waals surface area (Å²) in [6.45, 7) is 11.6. The Morgan fingerprint density at radius 2 is 1.86 bits per heavy atom. The van der Waals surface area contributed by atoms with Crippen LogP contribution in [0.1, 0.15) is 43.2 Å². The van der Waals surface area contributed by atoms with Crippen LogP contribution in [-0.4, -0.2) is 29.0 Å². The molecule has 4 heteroatoms. The zero-order valence-electron chi connectivity index (χ0n) is 17.5. The van der Waals surface area contributed by atoms with Crippen LogP contribution in [0.3, 0.4) is 0 Å². The molecule has 150 valence electrons. The first-order valence-electron chi connectivity index (χ1n) is 10.3. The molecule has 1 aromatic heterocycles. The Hall–Kier alpha value is -3.01. The van der Waals surface area contributed by atoms with Gasteiger partial charge in [-0.1, -0.05) is 48.6 Å². The Morgan fingerprint density at radius 1 is 1.10 bits per heavy atom. The van der Waals surface area contributed by atoms with E-state index in [2.05, 4.69) is 73.2 Å². The van der Waals surface area contributed by atoms with Crippen molar-refractivity contribution in [3.63, 3.8) is 0 Å². The van der Waals surface area contributed by atoms with Crippen molar-refractivity contribution in [2.75, 3.05) is 13.1 Å². The summed E-state index contributed by atoms with van der Waals surface area (Å²) in [6.07, 6.45) is 1.72. The average molecular weight is 388 g/mol. The second-order valence-corrected chi connectivity index (χ2v) is 8.53. The number of aromatic amines is 1. The normalized spacial score (nSPS) is 14.4. The van der Waals surface area contributed by atoms with Crippen molar-refractivity contribution >= 4 is 22.5 Å². The van der Waals surface area contributed by atoms with Crippen molar-refractivity contribution in [2.24, 2.45) is 0 Å². The van der Waals surface area contributed by atoms with E-state index in [-0.39, 0.29) is 6.03 Å². The van der Waals surface area contributed by atoms with Gasteiger partial charge in [-0.15, -0.1) is 0 Å². The molecular formula is C25H29N3O. The number of hydrogen-bond acceptors (Lipinski definition) is 1. The Morgan fingerprint density at radius 3 is 2.66 bits per heavy atom. The Bertz CT molecular complexity index is 1080. The topological polar surface area (TPSA) is 48.1 Å². The number of carbonyl (C=O) groups excluding carboxylic acids is 1. The van der Waals surface area contributed by atoms with Crippen molar-refractivity contribution in [3.05, 3.63) is 77.5 Å². The van der Waals surface area contributed by atoms with Crippen molar-refractivity contribution in [1.29, 1.82) is 0 Å². The molecule has 4 rings (SSSR count). The van der Waals surface area contributed by atoms with Crippen LogP contribution in [0, 0.1) is 0 Å². The van der Waals surface area contributed by atoms with E-state index >= 15 is 0 Å². The summed E-state index contributed by atoms with van der Waals surface area (Å²) in [6, 6.07) is 16.7. The molecule has 0 spiro atoms. The van der Waals surface area contributed by atoms with E-state index in [1.54, 1.807) is 0 Å². The van der Waals surface area contributed by atoms with Crippen molar-refractivity contribution in [3.8, 4) is 0 Å². The molecule has 0 saturated heterocycles. The third-order valence-electron chi connectivity index (χ3n) is 5.95. The SMILES string of the molecule is C=C(C)c1cccc(C(C)(C)NC(=O)N2CCc3[nH]c4ccccc4c3CC2)c1. The molecule has 0 fully saturated rings. The van der Waals surface area contributed by atoms with Crippen LogP contribution in [0.5, 0.6) is 0 Å². The van der Waals surface area contributed by atoms with Gasteiger partial charge in [-0.3, -0.25) is 0 Å². The highest BCUT2D eigenvalue weighted by molar-refractivity contribution is 5.85. The number of benzene rings is 2. The van der Waals surface area contributed by atoms with Gasteiger partial charge in [-0.05, 0) is 56.0 Å².